The van der Waals surface area contributed by atoms with Crippen LogP contribution in [0.1, 0.15) is 55.1 Å². The second-order valence-corrected chi connectivity index (χ2v) is 7.38. The lowest BCUT2D eigenvalue weighted by molar-refractivity contribution is 0.333. The van der Waals surface area contributed by atoms with Gasteiger partial charge in [0.1, 0.15) is 12.0 Å². The van der Waals surface area contributed by atoms with E-state index in [1.807, 2.05) is 11.6 Å². The quantitative estimate of drug-likeness (QED) is 0.889. The summed E-state index contributed by atoms with van der Waals surface area (Å²) in [6.45, 7) is 4.32. The predicted molar refractivity (Wildman–Crippen MR) is 92.5 cm³/mol. The van der Waals surface area contributed by atoms with E-state index in [4.69, 9.17) is 5.10 Å². The molecular formula is C19H24F2N4. The van der Waals surface area contributed by atoms with Crippen molar-refractivity contribution in [1.82, 2.24) is 20.1 Å². The van der Waals surface area contributed by atoms with Crippen LogP contribution in [0.4, 0.5) is 8.78 Å². The molecule has 2 atom stereocenters. The van der Waals surface area contributed by atoms with E-state index in [1.54, 1.807) is 19.2 Å². The third kappa shape index (κ3) is 3.32. The summed E-state index contributed by atoms with van der Waals surface area (Å²) in [7, 11) is 0. The van der Waals surface area contributed by atoms with Crippen LogP contribution in [0.2, 0.25) is 0 Å². The van der Waals surface area contributed by atoms with E-state index >= 15 is 0 Å². The van der Waals surface area contributed by atoms with Crippen LogP contribution < -0.4 is 5.32 Å². The topological polar surface area (TPSA) is 42.7 Å². The van der Waals surface area contributed by atoms with Crippen molar-refractivity contribution in [3.8, 4) is 11.3 Å². The number of nitrogens with zero attached hydrogens (tertiary/aromatic N) is 3. The smallest absolute Gasteiger partial charge is 0.145 e. The van der Waals surface area contributed by atoms with Gasteiger partial charge in [-0.3, -0.25) is 9.67 Å². The fraction of sp³-hybridized carbons (Fsp3) is 0.579. The van der Waals surface area contributed by atoms with Crippen molar-refractivity contribution in [2.75, 3.05) is 0 Å². The Morgan fingerprint density at radius 2 is 2.04 bits per heavy atom. The largest absolute Gasteiger partial charge is 0.308 e. The molecule has 25 heavy (non-hydrogen) atoms. The Balaban J connectivity index is 1.62. The van der Waals surface area contributed by atoms with E-state index < -0.39 is 6.17 Å². The number of nitrogens with one attached hydrogen (secondary N) is 1. The molecule has 0 amide bonds. The zero-order chi connectivity index (χ0) is 17.6. The fourth-order valence-corrected chi connectivity index (χ4v) is 3.65. The number of aromatic nitrogens is 3. The molecule has 0 saturated heterocycles. The zero-order valence-electron chi connectivity index (χ0n) is 14.7. The summed E-state index contributed by atoms with van der Waals surface area (Å²) < 4.78 is 29.4. The van der Waals surface area contributed by atoms with Crippen molar-refractivity contribution in [3.63, 3.8) is 0 Å². The van der Waals surface area contributed by atoms with Crippen LogP contribution in [0.3, 0.4) is 0 Å². The molecule has 6 heteroatoms. The van der Waals surface area contributed by atoms with Crippen LogP contribution in [0, 0.1) is 19.7 Å². The van der Waals surface area contributed by atoms with E-state index in [-0.39, 0.29) is 11.9 Å². The number of rotatable bonds is 5. The normalized spacial score (nSPS) is 23.4. The van der Waals surface area contributed by atoms with Crippen molar-refractivity contribution < 1.29 is 8.78 Å². The van der Waals surface area contributed by atoms with Crippen LogP contribution in [0.15, 0.2) is 12.3 Å². The second-order valence-electron chi connectivity index (χ2n) is 7.38. The highest BCUT2D eigenvalue weighted by Crippen LogP contribution is 2.40. The molecule has 0 bridgehead atoms. The Kier molecular flexibility index (Phi) is 4.31. The van der Waals surface area contributed by atoms with E-state index in [0.29, 0.717) is 31.1 Å². The first-order valence-corrected chi connectivity index (χ1v) is 9.11. The van der Waals surface area contributed by atoms with E-state index in [0.717, 1.165) is 41.8 Å². The van der Waals surface area contributed by atoms with Gasteiger partial charge in [0.25, 0.3) is 0 Å². The van der Waals surface area contributed by atoms with E-state index in [9.17, 15) is 8.78 Å². The Morgan fingerprint density at radius 3 is 2.68 bits per heavy atom. The maximum Gasteiger partial charge on any atom is 0.145 e. The Labute approximate surface area is 146 Å². The molecule has 2 fully saturated rings. The maximum atomic E-state index is 14.0. The Bertz CT molecular complexity index is 782. The van der Waals surface area contributed by atoms with Gasteiger partial charge in [0.2, 0.25) is 0 Å². The average molecular weight is 346 g/mol. The van der Waals surface area contributed by atoms with Crippen LogP contribution >= 0.6 is 0 Å². The fourth-order valence-electron chi connectivity index (χ4n) is 3.65. The molecule has 0 aromatic carbocycles. The van der Waals surface area contributed by atoms with Crippen molar-refractivity contribution in [2.45, 2.75) is 70.8 Å². The minimum absolute atomic E-state index is 0.224. The molecule has 2 aliphatic rings. The maximum absolute atomic E-state index is 14.0. The summed E-state index contributed by atoms with van der Waals surface area (Å²) in [6, 6.07) is 2.17. The molecule has 0 unspecified atom stereocenters. The van der Waals surface area contributed by atoms with Crippen molar-refractivity contribution in [2.24, 2.45) is 0 Å². The SMILES string of the molecule is Cc1ncc(-c2c(C)c(CN[C@H]3CC[C@@H](F)C3)nn2C2CC2)cc1F. The van der Waals surface area contributed by atoms with Crippen molar-refractivity contribution in [3.05, 3.63) is 35.0 Å². The molecule has 2 aliphatic carbocycles. The molecule has 2 saturated carbocycles. The third-order valence-corrected chi connectivity index (χ3v) is 5.36. The predicted octanol–water partition coefficient (Wildman–Crippen LogP) is 4.02. The monoisotopic (exact) mass is 346 g/mol. The molecular weight excluding hydrogens is 322 g/mol. The van der Waals surface area contributed by atoms with E-state index in [1.165, 1.54) is 0 Å². The van der Waals surface area contributed by atoms with Gasteiger partial charge in [-0.25, -0.2) is 8.78 Å². The number of hydrogen-bond donors (Lipinski definition) is 1. The highest BCUT2D eigenvalue weighted by Gasteiger charge is 2.30. The number of alkyl halides is 1. The van der Waals surface area contributed by atoms with Gasteiger partial charge >= 0.3 is 0 Å². The minimum Gasteiger partial charge on any atom is -0.308 e. The summed E-state index contributed by atoms with van der Waals surface area (Å²) >= 11 is 0. The summed E-state index contributed by atoms with van der Waals surface area (Å²) in [5.74, 6) is -0.292. The first-order valence-electron chi connectivity index (χ1n) is 9.11. The van der Waals surface area contributed by atoms with Gasteiger partial charge in [-0.2, -0.15) is 5.10 Å². The van der Waals surface area contributed by atoms with Crippen molar-refractivity contribution in [1.29, 1.82) is 0 Å². The molecule has 1 N–H and O–H groups in total. The lowest BCUT2D eigenvalue weighted by atomic mass is 10.1. The molecule has 0 spiro atoms. The first-order chi connectivity index (χ1) is 12.0. The number of hydrogen-bond acceptors (Lipinski definition) is 3. The standard InChI is InChI=1S/C19H24F2N4/c1-11-18(10-23-15-4-3-14(20)8-15)24-25(16-5-6-16)19(11)13-7-17(21)12(2)22-9-13/h7,9,14-16,23H,3-6,8,10H2,1-2H3/t14-,15+/m1/s1. The number of halogens is 2. The third-order valence-electron chi connectivity index (χ3n) is 5.36. The van der Waals surface area contributed by atoms with Gasteiger partial charge in [0.05, 0.1) is 23.1 Å². The van der Waals surface area contributed by atoms with E-state index in [2.05, 4.69) is 10.3 Å². The van der Waals surface area contributed by atoms with Gasteiger partial charge in [-0.05, 0) is 57.6 Å². The molecule has 0 radical (unpaired) electrons. The minimum atomic E-state index is -0.681. The summed E-state index contributed by atoms with van der Waals surface area (Å²) in [4.78, 5) is 4.17. The van der Waals surface area contributed by atoms with Gasteiger partial charge in [-0.1, -0.05) is 0 Å². The Hall–Kier alpha value is -1.82. The Morgan fingerprint density at radius 1 is 1.24 bits per heavy atom. The highest BCUT2D eigenvalue weighted by atomic mass is 19.1. The molecule has 4 rings (SSSR count). The molecule has 2 aromatic rings. The van der Waals surface area contributed by atoms with Crippen LogP contribution in [-0.2, 0) is 6.54 Å². The molecule has 0 aliphatic heterocycles. The van der Waals surface area contributed by atoms with Crippen LogP contribution in [-0.4, -0.2) is 27.0 Å². The summed E-state index contributed by atoms with van der Waals surface area (Å²) in [5.41, 5.74) is 4.16. The zero-order valence-corrected chi connectivity index (χ0v) is 14.7. The second kappa shape index (κ2) is 6.48. The number of pyridine rings is 1. The molecule has 4 nitrogen and oxygen atoms in total. The molecule has 2 heterocycles. The number of aryl methyl sites for hydroxylation is 1. The van der Waals surface area contributed by atoms with Gasteiger partial charge < -0.3 is 5.32 Å². The van der Waals surface area contributed by atoms with Gasteiger partial charge in [0, 0.05) is 24.3 Å². The highest BCUT2D eigenvalue weighted by molar-refractivity contribution is 5.64. The van der Waals surface area contributed by atoms with Crippen LogP contribution in [0.5, 0.6) is 0 Å². The first kappa shape index (κ1) is 16.6. The van der Waals surface area contributed by atoms with Gasteiger partial charge in [-0.15, -0.1) is 0 Å². The van der Waals surface area contributed by atoms with Crippen molar-refractivity contribution >= 4 is 0 Å². The molecule has 2 aromatic heterocycles. The average Bonchev–Trinajstić information content (AvgIpc) is 3.27. The van der Waals surface area contributed by atoms with Crippen LogP contribution in [0.25, 0.3) is 11.3 Å². The van der Waals surface area contributed by atoms with Gasteiger partial charge in [0.15, 0.2) is 0 Å². The molecule has 134 valence electrons. The lowest BCUT2D eigenvalue weighted by Gasteiger charge is -2.10. The summed E-state index contributed by atoms with van der Waals surface area (Å²) in [5, 5.41) is 8.23. The summed E-state index contributed by atoms with van der Waals surface area (Å²) in [6.07, 6.45) is 5.37. The lowest BCUT2D eigenvalue weighted by Crippen LogP contribution is -2.26.